The first-order valence-corrected chi connectivity index (χ1v) is 6.97. The molecular formula is C13H26ClN3O. The summed E-state index contributed by atoms with van der Waals surface area (Å²) in [6.45, 7) is 4.49. The third-order valence-corrected chi connectivity index (χ3v) is 4.11. The zero-order valence-electron chi connectivity index (χ0n) is 11.3. The minimum absolute atomic E-state index is 0. The molecule has 0 aromatic rings. The van der Waals surface area contributed by atoms with E-state index in [9.17, 15) is 4.79 Å². The molecule has 0 aliphatic carbocycles. The Kier molecular flexibility index (Phi) is 6.97. The molecule has 2 aliphatic heterocycles. The van der Waals surface area contributed by atoms with E-state index in [4.69, 9.17) is 0 Å². The molecule has 2 fully saturated rings. The second-order valence-electron chi connectivity index (χ2n) is 5.31. The van der Waals surface area contributed by atoms with E-state index in [2.05, 4.69) is 15.5 Å². The number of likely N-dealkylation sites (tertiary alicyclic amines) is 1. The maximum absolute atomic E-state index is 11.9. The Morgan fingerprint density at radius 3 is 2.67 bits per heavy atom. The molecule has 0 bridgehead atoms. The van der Waals surface area contributed by atoms with Crippen molar-refractivity contribution in [3.63, 3.8) is 0 Å². The third kappa shape index (κ3) is 4.11. The van der Waals surface area contributed by atoms with Crippen molar-refractivity contribution in [2.45, 2.75) is 38.1 Å². The maximum Gasteiger partial charge on any atom is 0.237 e. The van der Waals surface area contributed by atoms with Crippen molar-refractivity contribution < 1.29 is 4.79 Å². The molecule has 0 aromatic heterocycles. The molecule has 4 nitrogen and oxygen atoms in total. The number of rotatable bonds is 3. The number of likely N-dealkylation sites (N-methyl/N-ethyl adjacent to an activating group) is 1. The van der Waals surface area contributed by atoms with Crippen molar-refractivity contribution in [2.75, 3.05) is 33.2 Å². The van der Waals surface area contributed by atoms with Crippen LogP contribution >= 0.6 is 12.4 Å². The predicted octanol–water partition coefficient (Wildman–Crippen LogP) is 1.01. The van der Waals surface area contributed by atoms with Crippen LogP contribution in [0.15, 0.2) is 0 Å². The van der Waals surface area contributed by atoms with E-state index in [0.29, 0.717) is 0 Å². The van der Waals surface area contributed by atoms with Crippen molar-refractivity contribution in [1.82, 2.24) is 15.5 Å². The molecule has 106 valence electrons. The predicted molar refractivity (Wildman–Crippen MR) is 76.1 cm³/mol. The first-order valence-electron chi connectivity index (χ1n) is 6.97. The van der Waals surface area contributed by atoms with Gasteiger partial charge in [0.1, 0.15) is 0 Å². The van der Waals surface area contributed by atoms with Gasteiger partial charge in [-0.3, -0.25) is 9.69 Å². The van der Waals surface area contributed by atoms with Gasteiger partial charge in [0.2, 0.25) is 5.91 Å². The van der Waals surface area contributed by atoms with Gasteiger partial charge < -0.3 is 10.6 Å². The quantitative estimate of drug-likeness (QED) is 0.808. The molecule has 0 radical (unpaired) electrons. The van der Waals surface area contributed by atoms with Crippen LogP contribution in [0.5, 0.6) is 0 Å². The van der Waals surface area contributed by atoms with Gasteiger partial charge in [0.05, 0.1) is 6.04 Å². The lowest BCUT2D eigenvalue weighted by Crippen LogP contribution is -2.50. The monoisotopic (exact) mass is 275 g/mol. The Bertz CT molecular complexity index is 257. The minimum atomic E-state index is 0. The Morgan fingerprint density at radius 2 is 2.00 bits per heavy atom. The summed E-state index contributed by atoms with van der Waals surface area (Å²) in [7, 11) is 1.75. The van der Waals surface area contributed by atoms with Crippen LogP contribution < -0.4 is 10.6 Å². The fourth-order valence-corrected chi connectivity index (χ4v) is 3.07. The molecule has 2 aliphatic rings. The van der Waals surface area contributed by atoms with Crippen LogP contribution in [-0.2, 0) is 4.79 Å². The fourth-order valence-electron chi connectivity index (χ4n) is 3.07. The van der Waals surface area contributed by atoms with Crippen LogP contribution in [-0.4, -0.2) is 50.1 Å². The molecule has 1 amide bonds. The van der Waals surface area contributed by atoms with E-state index in [0.717, 1.165) is 38.5 Å². The van der Waals surface area contributed by atoms with Crippen LogP contribution in [0.1, 0.15) is 32.1 Å². The summed E-state index contributed by atoms with van der Waals surface area (Å²) in [4.78, 5) is 14.3. The summed E-state index contributed by atoms with van der Waals surface area (Å²) in [5.41, 5.74) is 0. The number of nitrogens with one attached hydrogen (secondary N) is 2. The first-order chi connectivity index (χ1) is 8.31. The smallest absolute Gasteiger partial charge is 0.237 e. The highest BCUT2D eigenvalue weighted by atomic mass is 35.5. The van der Waals surface area contributed by atoms with Gasteiger partial charge in [-0.15, -0.1) is 12.4 Å². The average Bonchev–Trinajstić information content (AvgIpc) is 2.40. The summed E-state index contributed by atoms with van der Waals surface area (Å²) in [5.74, 6) is 0.986. The average molecular weight is 276 g/mol. The Labute approximate surface area is 116 Å². The number of carbonyl (C=O) groups excluding carboxylic acids is 1. The highest BCUT2D eigenvalue weighted by Crippen LogP contribution is 2.21. The van der Waals surface area contributed by atoms with Gasteiger partial charge in [-0.25, -0.2) is 0 Å². The molecule has 2 N–H and O–H groups in total. The molecule has 5 heteroatoms. The molecule has 2 heterocycles. The van der Waals surface area contributed by atoms with Crippen molar-refractivity contribution in [3.05, 3.63) is 0 Å². The zero-order chi connectivity index (χ0) is 12.1. The Morgan fingerprint density at radius 1 is 1.28 bits per heavy atom. The third-order valence-electron chi connectivity index (χ3n) is 4.11. The van der Waals surface area contributed by atoms with E-state index >= 15 is 0 Å². The van der Waals surface area contributed by atoms with E-state index in [1.54, 1.807) is 7.05 Å². The summed E-state index contributed by atoms with van der Waals surface area (Å²) < 4.78 is 0. The number of hydrogen-bond acceptors (Lipinski definition) is 3. The van der Waals surface area contributed by atoms with Gasteiger partial charge in [0.25, 0.3) is 0 Å². The highest BCUT2D eigenvalue weighted by Gasteiger charge is 2.29. The molecule has 18 heavy (non-hydrogen) atoms. The summed E-state index contributed by atoms with van der Waals surface area (Å²) in [5, 5.41) is 6.21. The number of carbonyl (C=O) groups is 1. The second-order valence-corrected chi connectivity index (χ2v) is 5.31. The van der Waals surface area contributed by atoms with E-state index in [-0.39, 0.29) is 24.4 Å². The Hall–Kier alpha value is -0.320. The van der Waals surface area contributed by atoms with Crippen LogP contribution in [0.3, 0.4) is 0 Å². The molecule has 0 aromatic carbocycles. The number of halogens is 1. The number of piperidine rings is 2. The summed E-state index contributed by atoms with van der Waals surface area (Å²) in [6.07, 6.45) is 6.00. The van der Waals surface area contributed by atoms with Crippen molar-refractivity contribution in [2.24, 2.45) is 5.92 Å². The first kappa shape index (κ1) is 15.7. The van der Waals surface area contributed by atoms with Gasteiger partial charge in [0, 0.05) is 13.6 Å². The van der Waals surface area contributed by atoms with Gasteiger partial charge >= 0.3 is 0 Å². The molecule has 0 saturated carbocycles. The molecule has 2 saturated heterocycles. The molecule has 0 spiro atoms. The van der Waals surface area contributed by atoms with Crippen LogP contribution in [0.2, 0.25) is 0 Å². The topological polar surface area (TPSA) is 44.4 Å². The lowest BCUT2D eigenvalue weighted by atomic mass is 9.94. The molecule has 2 rings (SSSR count). The minimum Gasteiger partial charge on any atom is -0.358 e. The lowest BCUT2D eigenvalue weighted by Gasteiger charge is -2.37. The standard InChI is InChI=1S/C13H25N3O.ClH/c1-14-13(17)12-4-2-3-9-16(12)10-11-5-7-15-8-6-11;/h11-12,15H,2-10H2,1H3,(H,14,17);1H. The fraction of sp³-hybridized carbons (Fsp3) is 0.923. The lowest BCUT2D eigenvalue weighted by molar-refractivity contribution is -0.127. The van der Waals surface area contributed by atoms with E-state index in [1.807, 2.05) is 0 Å². The Balaban J connectivity index is 0.00000162. The molecular weight excluding hydrogens is 250 g/mol. The largest absolute Gasteiger partial charge is 0.358 e. The van der Waals surface area contributed by atoms with Gasteiger partial charge in [0.15, 0.2) is 0 Å². The van der Waals surface area contributed by atoms with Crippen molar-refractivity contribution >= 4 is 18.3 Å². The number of hydrogen-bond donors (Lipinski definition) is 2. The second kappa shape index (κ2) is 7.97. The number of amides is 1. The SMILES string of the molecule is CNC(=O)C1CCCCN1CC1CCNCC1.Cl. The summed E-state index contributed by atoms with van der Waals surface area (Å²) >= 11 is 0. The van der Waals surface area contributed by atoms with Crippen LogP contribution in [0, 0.1) is 5.92 Å². The van der Waals surface area contributed by atoms with Crippen molar-refractivity contribution in [3.8, 4) is 0 Å². The van der Waals surface area contributed by atoms with Gasteiger partial charge in [-0.2, -0.15) is 0 Å². The maximum atomic E-state index is 11.9. The summed E-state index contributed by atoms with van der Waals surface area (Å²) in [6, 6.07) is 0.128. The van der Waals surface area contributed by atoms with Gasteiger partial charge in [-0.1, -0.05) is 6.42 Å². The van der Waals surface area contributed by atoms with E-state index < -0.39 is 0 Å². The van der Waals surface area contributed by atoms with E-state index in [1.165, 1.54) is 25.7 Å². The normalized spacial score (nSPS) is 26.4. The highest BCUT2D eigenvalue weighted by molar-refractivity contribution is 5.85. The van der Waals surface area contributed by atoms with Crippen molar-refractivity contribution in [1.29, 1.82) is 0 Å². The number of nitrogens with zero attached hydrogens (tertiary/aromatic N) is 1. The van der Waals surface area contributed by atoms with Crippen LogP contribution in [0.25, 0.3) is 0 Å². The van der Waals surface area contributed by atoms with Crippen LogP contribution in [0.4, 0.5) is 0 Å². The molecule has 1 unspecified atom stereocenters. The van der Waals surface area contributed by atoms with Gasteiger partial charge in [-0.05, 0) is 51.2 Å². The molecule has 1 atom stereocenters. The zero-order valence-corrected chi connectivity index (χ0v) is 12.1.